The number of benzene rings is 2. The maximum Gasteiger partial charge on any atom is 0.261 e. The van der Waals surface area contributed by atoms with Crippen molar-refractivity contribution in [1.82, 2.24) is 0 Å². The Kier molecular flexibility index (Phi) is 9.46. The second-order valence-electron chi connectivity index (χ2n) is 12.2. The summed E-state index contributed by atoms with van der Waals surface area (Å²) in [6.45, 7) is 16.2. The molecule has 0 aromatic heterocycles. The van der Waals surface area contributed by atoms with Crippen LogP contribution in [0.5, 0.6) is 0 Å². The summed E-state index contributed by atoms with van der Waals surface area (Å²) in [5.74, 6) is 3.43. The molecular weight excluding hydrogens is 477 g/mol. The van der Waals surface area contributed by atoms with Gasteiger partial charge in [0.25, 0.3) is 8.32 Å². The summed E-state index contributed by atoms with van der Waals surface area (Å²) in [6.07, 6.45) is 4.42. The first-order chi connectivity index (χ1) is 17.0. The van der Waals surface area contributed by atoms with Crippen LogP contribution in [-0.2, 0) is 9.16 Å². The predicted octanol–water partition coefficient (Wildman–Crippen LogP) is 5.91. The highest BCUT2D eigenvalue weighted by Gasteiger charge is 2.62. The Morgan fingerprint density at radius 1 is 0.944 bits per heavy atom. The SMILES string of the molecule is CCCCCC[C@@H](O)[C@@]1(C#C[Si](C)(C)C)O[C@@H]1CO[Si](c1ccccc1)(c1ccccc1)C(C)(C)C. The molecule has 1 aliphatic heterocycles. The molecular formula is C31H46O3Si2. The first-order valence-corrected chi connectivity index (χ1v) is 19.0. The van der Waals surface area contributed by atoms with Crippen molar-refractivity contribution in [2.24, 2.45) is 0 Å². The van der Waals surface area contributed by atoms with E-state index in [1.807, 2.05) is 0 Å². The summed E-state index contributed by atoms with van der Waals surface area (Å²) in [5, 5.41) is 13.7. The van der Waals surface area contributed by atoms with Crippen LogP contribution in [0.2, 0.25) is 24.7 Å². The molecule has 196 valence electrons. The van der Waals surface area contributed by atoms with Gasteiger partial charge >= 0.3 is 0 Å². The van der Waals surface area contributed by atoms with Crippen LogP contribution in [0.25, 0.3) is 0 Å². The van der Waals surface area contributed by atoms with Gasteiger partial charge in [0.15, 0.2) is 5.60 Å². The van der Waals surface area contributed by atoms with Crippen molar-refractivity contribution in [3.05, 3.63) is 60.7 Å². The van der Waals surface area contributed by atoms with Gasteiger partial charge in [0.2, 0.25) is 0 Å². The van der Waals surface area contributed by atoms with Gasteiger partial charge in [0.1, 0.15) is 14.2 Å². The zero-order chi connectivity index (χ0) is 26.5. The van der Waals surface area contributed by atoms with Gasteiger partial charge in [0.05, 0.1) is 12.7 Å². The molecule has 3 atom stereocenters. The second-order valence-corrected chi connectivity index (χ2v) is 21.3. The number of rotatable bonds is 11. The molecule has 0 saturated carbocycles. The number of hydrogen-bond acceptors (Lipinski definition) is 3. The standard InChI is InChI=1S/C31H46O3Si2/c1-8-9-10-17-22-28(32)31(23-24-35(5,6)7)29(34-31)25-33-36(30(2,3)4,26-18-13-11-14-19-26)27-20-15-12-16-21-27/h11-16,18-21,28-29,32H,8-10,17,22,25H2,1-7H3/t28-,29-,31-/m1/s1. The summed E-state index contributed by atoms with van der Waals surface area (Å²) in [5.41, 5.74) is 2.68. The van der Waals surface area contributed by atoms with Crippen molar-refractivity contribution in [2.75, 3.05) is 6.61 Å². The van der Waals surface area contributed by atoms with Crippen LogP contribution < -0.4 is 10.4 Å². The van der Waals surface area contributed by atoms with E-state index in [9.17, 15) is 5.11 Å². The van der Waals surface area contributed by atoms with Gasteiger partial charge in [-0.2, -0.15) is 0 Å². The highest BCUT2D eigenvalue weighted by atomic mass is 28.4. The number of ether oxygens (including phenoxy) is 1. The average Bonchev–Trinajstić information content (AvgIpc) is 3.55. The van der Waals surface area contributed by atoms with E-state index in [1.54, 1.807) is 0 Å². The minimum absolute atomic E-state index is 0.101. The maximum absolute atomic E-state index is 11.3. The molecule has 1 aliphatic rings. The third-order valence-corrected chi connectivity index (χ3v) is 13.0. The highest BCUT2D eigenvalue weighted by molar-refractivity contribution is 6.99. The molecule has 1 N–H and O–H groups in total. The lowest BCUT2D eigenvalue weighted by Crippen LogP contribution is -2.67. The fourth-order valence-corrected chi connectivity index (χ4v) is 10.2. The van der Waals surface area contributed by atoms with Crippen molar-refractivity contribution in [3.8, 4) is 11.5 Å². The zero-order valence-electron chi connectivity index (χ0n) is 23.4. The topological polar surface area (TPSA) is 42.0 Å². The summed E-state index contributed by atoms with van der Waals surface area (Å²) >= 11 is 0. The van der Waals surface area contributed by atoms with E-state index in [0.717, 1.165) is 19.3 Å². The molecule has 1 saturated heterocycles. The Hall–Kier alpha value is -1.69. The molecule has 2 aromatic rings. The Labute approximate surface area is 221 Å². The monoisotopic (exact) mass is 522 g/mol. The molecule has 1 heterocycles. The summed E-state index contributed by atoms with van der Waals surface area (Å²) in [4.78, 5) is 0. The van der Waals surface area contributed by atoms with Gasteiger partial charge in [-0.3, -0.25) is 0 Å². The first kappa shape index (κ1) is 28.9. The Bertz CT molecular complexity index is 976. The normalized spacial score (nSPS) is 20.9. The Balaban J connectivity index is 1.92. The molecule has 0 radical (unpaired) electrons. The van der Waals surface area contributed by atoms with Gasteiger partial charge < -0.3 is 14.3 Å². The molecule has 3 nitrogen and oxygen atoms in total. The molecule has 0 bridgehead atoms. The van der Waals surface area contributed by atoms with E-state index in [2.05, 4.69) is 119 Å². The molecule has 1 fully saturated rings. The van der Waals surface area contributed by atoms with Crippen LogP contribution in [0, 0.1) is 11.5 Å². The first-order valence-electron chi connectivity index (χ1n) is 13.6. The molecule has 0 aliphatic carbocycles. The molecule has 0 unspecified atom stereocenters. The van der Waals surface area contributed by atoms with Gasteiger partial charge in [-0.05, 0) is 21.8 Å². The molecule has 0 amide bonds. The minimum atomic E-state index is -2.67. The van der Waals surface area contributed by atoms with Gasteiger partial charge in [-0.15, -0.1) is 5.54 Å². The van der Waals surface area contributed by atoms with E-state index in [4.69, 9.17) is 9.16 Å². The van der Waals surface area contributed by atoms with E-state index < -0.39 is 28.1 Å². The Morgan fingerprint density at radius 3 is 1.97 bits per heavy atom. The van der Waals surface area contributed by atoms with Crippen molar-refractivity contribution in [1.29, 1.82) is 0 Å². The third kappa shape index (κ3) is 6.60. The van der Waals surface area contributed by atoms with Crippen LogP contribution in [0.3, 0.4) is 0 Å². The van der Waals surface area contributed by atoms with Crippen LogP contribution in [0.1, 0.15) is 59.8 Å². The van der Waals surface area contributed by atoms with Crippen LogP contribution in [0.4, 0.5) is 0 Å². The van der Waals surface area contributed by atoms with Gasteiger partial charge in [-0.1, -0.05) is 140 Å². The number of hydrogen-bond donors (Lipinski definition) is 1. The van der Waals surface area contributed by atoms with Crippen LogP contribution in [-0.4, -0.2) is 45.9 Å². The van der Waals surface area contributed by atoms with E-state index >= 15 is 0 Å². The van der Waals surface area contributed by atoms with Crippen molar-refractivity contribution in [3.63, 3.8) is 0 Å². The number of unbranched alkanes of at least 4 members (excludes halogenated alkanes) is 3. The molecule has 0 spiro atoms. The number of aliphatic hydroxyl groups is 1. The number of epoxide rings is 1. The fraction of sp³-hybridized carbons (Fsp3) is 0.548. The largest absolute Gasteiger partial charge is 0.405 e. The van der Waals surface area contributed by atoms with Crippen LogP contribution >= 0.6 is 0 Å². The highest BCUT2D eigenvalue weighted by Crippen LogP contribution is 2.44. The Morgan fingerprint density at radius 2 is 1.50 bits per heavy atom. The third-order valence-electron chi connectivity index (χ3n) is 7.09. The van der Waals surface area contributed by atoms with Gasteiger partial charge in [-0.25, -0.2) is 0 Å². The summed E-state index contributed by atoms with van der Waals surface area (Å²) in [7, 11) is -4.29. The second kappa shape index (κ2) is 11.8. The molecule has 3 rings (SSSR count). The number of aliphatic hydroxyl groups excluding tert-OH is 1. The van der Waals surface area contributed by atoms with Crippen molar-refractivity contribution in [2.45, 2.75) is 102 Å². The van der Waals surface area contributed by atoms with E-state index in [1.165, 1.54) is 23.2 Å². The predicted molar refractivity (Wildman–Crippen MR) is 157 cm³/mol. The van der Waals surface area contributed by atoms with Crippen LogP contribution in [0.15, 0.2) is 60.7 Å². The maximum atomic E-state index is 11.3. The quantitative estimate of drug-likeness (QED) is 0.173. The van der Waals surface area contributed by atoms with E-state index in [0.29, 0.717) is 6.61 Å². The lowest BCUT2D eigenvalue weighted by atomic mass is 9.94. The van der Waals surface area contributed by atoms with E-state index in [-0.39, 0.29) is 11.1 Å². The molecule has 5 heteroatoms. The van der Waals surface area contributed by atoms with Crippen molar-refractivity contribution >= 4 is 26.8 Å². The summed E-state index contributed by atoms with van der Waals surface area (Å²) < 4.78 is 13.4. The average molecular weight is 523 g/mol. The minimum Gasteiger partial charge on any atom is -0.405 e. The summed E-state index contributed by atoms with van der Waals surface area (Å²) in [6, 6.07) is 21.4. The molecule has 36 heavy (non-hydrogen) atoms. The lowest BCUT2D eigenvalue weighted by Gasteiger charge is -2.43. The zero-order valence-corrected chi connectivity index (χ0v) is 25.4. The smallest absolute Gasteiger partial charge is 0.261 e. The molecule has 2 aromatic carbocycles. The lowest BCUT2D eigenvalue weighted by molar-refractivity contribution is 0.0941. The van der Waals surface area contributed by atoms with Gasteiger partial charge in [0, 0.05) is 0 Å². The fourth-order valence-electron chi connectivity index (χ4n) is 5.07. The van der Waals surface area contributed by atoms with Crippen molar-refractivity contribution < 1.29 is 14.3 Å².